The molecule has 2 heterocycles. The summed E-state index contributed by atoms with van der Waals surface area (Å²) in [7, 11) is 0. The third-order valence-corrected chi connectivity index (χ3v) is 6.94. The van der Waals surface area contributed by atoms with E-state index in [1.807, 2.05) is 38.1 Å². The van der Waals surface area contributed by atoms with Gasteiger partial charge in [-0.2, -0.15) is 0 Å². The Bertz CT molecular complexity index is 1240. The summed E-state index contributed by atoms with van der Waals surface area (Å²) in [5, 5.41) is 14.8. The van der Waals surface area contributed by atoms with E-state index in [-0.39, 0.29) is 24.1 Å². The van der Waals surface area contributed by atoms with Gasteiger partial charge >= 0.3 is 0 Å². The number of nitrogens with zero attached hydrogens (tertiary/aromatic N) is 3. The van der Waals surface area contributed by atoms with Crippen LogP contribution in [0.25, 0.3) is 0 Å². The van der Waals surface area contributed by atoms with Crippen molar-refractivity contribution in [3.05, 3.63) is 68.6 Å². The van der Waals surface area contributed by atoms with Gasteiger partial charge in [0.25, 0.3) is 5.91 Å². The minimum Gasteiger partial charge on any atom is -0.352 e. The summed E-state index contributed by atoms with van der Waals surface area (Å²) < 4.78 is 0.839. The van der Waals surface area contributed by atoms with E-state index in [1.54, 1.807) is 23.1 Å². The molecule has 8 nitrogen and oxygen atoms in total. The quantitative estimate of drug-likeness (QED) is 0.472. The Morgan fingerprint density at radius 2 is 2.00 bits per heavy atom. The monoisotopic (exact) mass is 541 g/mol. The summed E-state index contributed by atoms with van der Waals surface area (Å²) in [6, 6.07) is 13.1. The van der Waals surface area contributed by atoms with Crippen LogP contribution >= 0.6 is 27.3 Å². The van der Waals surface area contributed by atoms with E-state index in [0.717, 1.165) is 21.3 Å². The molecule has 1 unspecified atom stereocenters. The molecule has 0 saturated carbocycles. The van der Waals surface area contributed by atoms with Crippen molar-refractivity contribution < 1.29 is 14.4 Å². The SMILES string of the molecule is Cc1ccc(N2CC(C(=O)Nc3nnc(CCNC(=O)c4cccc(Br)c4)s3)CC2=O)c(C)c1. The first-order valence-electron chi connectivity index (χ1n) is 10.8. The van der Waals surface area contributed by atoms with Crippen molar-refractivity contribution in [2.75, 3.05) is 23.3 Å². The smallest absolute Gasteiger partial charge is 0.251 e. The van der Waals surface area contributed by atoms with Crippen molar-refractivity contribution in [1.29, 1.82) is 0 Å². The van der Waals surface area contributed by atoms with Gasteiger partial charge in [0.05, 0.1) is 5.92 Å². The predicted molar refractivity (Wildman–Crippen MR) is 135 cm³/mol. The fourth-order valence-electron chi connectivity index (χ4n) is 3.85. The maximum absolute atomic E-state index is 12.8. The average molecular weight is 542 g/mol. The highest BCUT2D eigenvalue weighted by Gasteiger charge is 2.36. The molecule has 0 bridgehead atoms. The second-order valence-corrected chi connectivity index (χ2v) is 10.2. The van der Waals surface area contributed by atoms with Gasteiger partial charge in [0.15, 0.2) is 0 Å². The van der Waals surface area contributed by atoms with Crippen LogP contribution in [-0.2, 0) is 16.0 Å². The molecule has 1 saturated heterocycles. The van der Waals surface area contributed by atoms with Crippen LogP contribution in [0.5, 0.6) is 0 Å². The number of carbonyl (C=O) groups excluding carboxylic acids is 3. The number of nitrogens with one attached hydrogen (secondary N) is 2. The second kappa shape index (κ2) is 10.4. The molecule has 0 radical (unpaired) electrons. The molecule has 1 fully saturated rings. The molecule has 3 amide bonds. The van der Waals surface area contributed by atoms with Crippen molar-refractivity contribution in [3.63, 3.8) is 0 Å². The van der Waals surface area contributed by atoms with Crippen LogP contribution in [-0.4, -0.2) is 41.0 Å². The van der Waals surface area contributed by atoms with Crippen LogP contribution in [0.15, 0.2) is 46.9 Å². The number of rotatable bonds is 7. The molecule has 2 aromatic carbocycles. The summed E-state index contributed by atoms with van der Waals surface area (Å²) in [6.45, 7) is 4.70. The third-order valence-electron chi connectivity index (χ3n) is 5.55. The van der Waals surface area contributed by atoms with Crippen molar-refractivity contribution >= 4 is 55.8 Å². The zero-order valence-electron chi connectivity index (χ0n) is 18.8. The number of benzene rings is 2. The highest BCUT2D eigenvalue weighted by atomic mass is 79.9. The zero-order valence-corrected chi connectivity index (χ0v) is 21.2. The molecule has 3 aromatic rings. The molecule has 176 valence electrons. The molecule has 0 spiro atoms. The second-order valence-electron chi connectivity index (χ2n) is 8.20. The number of aromatic nitrogens is 2. The minimum atomic E-state index is -0.454. The number of hydrogen-bond acceptors (Lipinski definition) is 6. The Morgan fingerprint density at radius 3 is 2.76 bits per heavy atom. The summed E-state index contributed by atoms with van der Waals surface area (Å²) in [6.07, 6.45) is 0.655. The van der Waals surface area contributed by atoms with Crippen LogP contribution in [0.4, 0.5) is 10.8 Å². The molecule has 1 aliphatic heterocycles. The minimum absolute atomic E-state index is 0.0637. The van der Waals surface area contributed by atoms with E-state index in [1.165, 1.54) is 11.3 Å². The first kappa shape index (κ1) is 24.0. The van der Waals surface area contributed by atoms with Crippen LogP contribution in [0.1, 0.15) is 32.9 Å². The maximum Gasteiger partial charge on any atom is 0.251 e. The van der Waals surface area contributed by atoms with E-state index in [4.69, 9.17) is 0 Å². The Morgan fingerprint density at radius 1 is 1.18 bits per heavy atom. The van der Waals surface area contributed by atoms with E-state index in [0.29, 0.717) is 35.2 Å². The standard InChI is InChI=1S/C24H24BrN5O3S/c1-14-6-7-19(15(2)10-14)30-13-17(12-21(30)31)23(33)27-24-29-28-20(34-24)8-9-26-22(32)16-4-3-5-18(25)11-16/h3-7,10-11,17H,8-9,12-13H2,1-2H3,(H,26,32)(H,27,29,33). The fourth-order valence-corrected chi connectivity index (χ4v) is 4.99. The van der Waals surface area contributed by atoms with Gasteiger partial charge in [0.2, 0.25) is 16.9 Å². The molecule has 1 aromatic heterocycles. The summed E-state index contributed by atoms with van der Waals surface area (Å²) in [4.78, 5) is 39.2. The predicted octanol–water partition coefficient (Wildman–Crippen LogP) is 3.88. The molecule has 0 aliphatic carbocycles. The first-order chi connectivity index (χ1) is 16.3. The third kappa shape index (κ3) is 5.68. The Hall–Kier alpha value is -3.11. The Balaban J connectivity index is 1.28. The van der Waals surface area contributed by atoms with Crippen LogP contribution in [0.2, 0.25) is 0 Å². The number of aryl methyl sites for hydroxylation is 2. The summed E-state index contributed by atoms with van der Waals surface area (Å²) in [5.41, 5.74) is 3.55. The van der Waals surface area contributed by atoms with Gasteiger partial charge in [-0.3, -0.25) is 14.4 Å². The normalized spacial score (nSPS) is 15.4. The van der Waals surface area contributed by atoms with Crippen molar-refractivity contribution in [3.8, 4) is 0 Å². The lowest BCUT2D eigenvalue weighted by molar-refractivity contribution is -0.122. The highest BCUT2D eigenvalue weighted by Crippen LogP contribution is 2.29. The van der Waals surface area contributed by atoms with Crippen LogP contribution < -0.4 is 15.5 Å². The highest BCUT2D eigenvalue weighted by molar-refractivity contribution is 9.10. The lowest BCUT2D eigenvalue weighted by Gasteiger charge is -2.19. The van der Waals surface area contributed by atoms with Crippen molar-refractivity contribution in [1.82, 2.24) is 15.5 Å². The van der Waals surface area contributed by atoms with E-state index in [2.05, 4.69) is 36.8 Å². The van der Waals surface area contributed by atoms with Crippen LogP contribution in [0.3, 0.4) is 0 Å². The molecule has 1 atom stereocenters. The van der Waals surface area contributed by atoms with Gasteiger partial charge in [-0.25, -0.2) is 0 Å². The Labute approximate surface area is 209 Å². The van der Waals surface area contributed by atoms with E-state index in [9.17, 15) is 14.4 Å². The first-order valence-corrected chi connectivity index (χ1v) is 12.5. The molecule has 2 N–H and O–H groups in total. The van der Waals surface area contributed by atoms with E-state index < -0.39 is 5.92 Å². The lowest BCUT2D eigenvalue weighted by atomic mass is 10.1. The van der Waals surface area contributed by atoms with Crippen molar-refractivity contribution in [2.45, 2.75) is 26.7 Å². The molecule has 4 rings (SSSR count). The van der Waals surface area contributed by atoms with E-state index >= 15 is 0 Å². The Kier molecular flexibility index (Phi) is 7.38. The molecule has 1 aliphatic rings. The van der Waals surface area contributed by atoms with Gasteiger partial charge in [-0.15, -0.1) is 10.2 Å². The maximum atomic E-state index is 12.8. The van der Waals surface area contributed by atoms with Gasteiger partial charge in [0.1, 0.15) is 5.01 Å². The number of halogens is 1. The van der Waals surface area contributed by atoms with Crippen LogP contribution in [0, 0.1) is 19.8 Å². The fraction of sp³-hybridized carbons (Fsp3) is 0.292. The topological polar surface area (TPSA) is 104 Å². The molecular formula is C24H24BrN5O3S. The summed E-state index contributed by atoms with van der Waals surface area (Å²) >= 11 is 4.61. The van der Waals surface area contributed by atoms with Crippen molar-refractivity contribution in [2.24, 2.45) is 5.92 Å². The van der Waals surface area contributed by atoms with Gasteiger partial charge < -0.3 is 15.5 Å². The summed E-state index contributed by atoms with van der Waals surface area (Å²) in [5.74, 6) is -0.929. The number of carbonyl (C=O) groups is 3. The number of hydrogen-bond donors (Lipinski definition) is 2. The average Bonchev–Trinajstić information content (AvgIpc) is 3.40. The largest absolute Gasteiger partial charge is 0.352 e. The zero-order chi connectivity index (χ0) is 24.2. The lowest BCUT2D eigenvalue weighted by Crippen LogP contribution is -2.28. The van der Waals surface area contributed by atoms with Gasteiger partial charge in [0, 0.05) is 41.7 Å². The molecular weight excluding hydrogens is 518 g/mol. The molecule has 10 heteroatoms. The number of anilines is 2. The number of amides is 3. The molecule has 34 heavy (non-hydrogen) atoms. The van der Waals surface area contributed by atoms with Gasteiger partial charge in [-0.1, -0.05) is 51.0 Å². The van der Waals surface area contributed by atoms with Gasteiger partial charge in [-0.05, 0) is 43.7 Å².